The number of rotatable bonds is 5. The number of hydrogen-bond acceptors (Lipinski definition) is 6. The molecule has 0 saturated heterocycles. The SMILES string of the molecule is CCOC(=O)[C@H]1C[C@@H](C(=O)OCC)C(=Nc2ccccc2)C1=O. The maximum atomic E-state index is 12.5. The molecule has 1 fully saturated rings. The largest absolute Gasteiger partial charge is 0.465 e. The Morgan fingerprint density at radius 1 is 1.04 bits per heavy atom. The van der Waals surface area contributed by atoms with Crippen LogP contribution in [0.25, 0.3) is 0 Å². The third-order valence-corrected chi connectivity index (χ3v) is 3.52. The van der Waals surface area contributed by atoms with Gasteiger partial charge >= 0.3 is 11.9 Å². The van der Waals surface area contributed by atoms with Crippen molar-refractivity contribution in [1.29, 1.82) is 0 Å². The fourth-order valence-electron chi connectivity index (χ4n) is 2.48. The molecule has 0 radical (unpaired) electrons. The molecule has 0 N–H and O–H groups in total. The Morgan fingerprint density at radius 3 is 2.17 bits per heavy atom. The third kappa shape index (κ3) is 3.83. The van der Waals surface area contributed by atoms with E-state index in [9.17, 15) is 14.4 Å². The van der Waals surface area contributed by atoms with E-state index in [0.717, 1.165) is 0 Å². The van der Waals surface area contributed by atoms with Crippen molar-refractivity contribution < 1.29 is 23.9 Å². The second-order valence-corrected chi connectivity index (χ2v) is 5.04. The molecule has 6 heteroatoms. The van der Waals surface area contributed by atoms with Gasteiger partial charge in [-0.25, -0.2) is 4.99 Å². The highest BCUT2D eigenvalue weighted by molar-refractivity contribution is 6.49. The Morgan fingerprint density at radius 2 is 1.61 bits per heavy atom. The summed E-state index contributed by atoms with van der Waals surface area (Å²) in [4.78, 5) is 40.8. The van der Waals surface area contributed by atoms with Gasteiger partial charge in [-0.1, -0.05) is 18.2 Å². The first-order valence-electron chi connectivity index (χ1n) is 7.59. The summed E-state index contributed by atoms with van der Waals surface area (Å²) in [6.45, 7) is 3.73. The van der Waals surface area contributed by atoms with Gasteiger partial charge in [-0.2, -0.15) is 0 Å². The van der Waals surface area contributed by atoms with Gasteiger partial charge in [-0.15, -0.1) is 0 Å². The van der Waals surface area contributed by atoms with E-state index in [0.29, 0.717) is 5.69 Å². The highest BCUT2D eigenvalue weighted by Gasteiger charge is 2.47. The van der Waals surface area contributed by atoms with Crippen molar-refractivity contribution in [2.75, 3.05) is 13.2 Å². The molecule has 0 unspecified atom stereocenters. The van der Waals surface area contributed by atoms with E-state index in [-0.39, 0.29) is 25.3 Å². The second kappa shape index (κ2) is 7.67. The van der Waals surface area contributed by atoms with Crippen molar-refractivity contribution in [3.8, 4) is 0 Å². The Bertz CT molecular complexity index is 623. The number of carbonyl (C=O) groups is 3. The number of carbonyl (C=O) groups excluding carboxylic acids is 3. The highest BCUT2D eigenvalue weighted by Crippen LogP contribution is 2.30. The number of para-hydroxylation sites is 1. The van der Waals surface area contributed by atoms with Crippen LogP contribution in [0.1, 0.15) is 20.3 Å². The molecule has 1 aromatic rings. The zero-order valence-electron chi connectivity index (χ0n) is 13.2. The molecule has 0 amide bonds. The van der Waals surface area contributed by atoms with Gasteiger partial charge in [0.05, 0.1) is 24.6 Å². The van der Waals surface area contributed by atoms with Gasteiger partial charge in [-0.05, 0) is 32.4 Å². The normalized spacial score (nSPS) is 22.2. The van der Waals surface area contributed by atoms with E-state index in [2.05, 4.69) is 4.99 Å². The summed E-state index contributed by atoms with van der Waals surface area (Å²) in [6, 6.07) is 8.83. The molecule has 0 aliphatic heterocycles. The fourth-order valence-corrected chi connectivity index (χ4v) is 2.48. The summed E-state index contributed by atoms with van der Waals surface area (Å²) in [5.41, 5.74) is 0.613. The van der Waals surface area contributed by atoms with Crippen molar-refractivity contribution in [3.63, 3.8) is 0 Å². The number of hydrogen-bond donors (Lipinski definition) is 0. The van der Waals surface area contributed by atoms with Crippen LogP contribution in [0.5, 0.6) is 0 Å². The van der Waals surface area contributed by atoms with Gasteiger partial charge in [0.1, 0.15) is 11.8 Å². The van der Waals surface area contributed by atoms with Crippen molar-refractivity contribution in [1.82, 2.24) is 0 Å². The third-order valence-electron chi connectivity index (χ3n) is 3.52. The quantitative estimate of drug-likeness (QED) is 0.613. The van der Waals surface area contributed by atoms with Gasteiger partial charge in [-0.3, -0.25) is 14.4 Å². The maximum Gasteiger partial charge on any atom is 0.316 e. The monoisotopic (exact) mass is 317 g/mol. The van der Waals surface area contributed by atoms with Crippen LogP contribution in [0.2, 0.25) is 0 Å². The van der Waals surface area contributed by atoms with E-state index in [1.54, 1.807) is 38.1 Å². The summed E-state index contributed by atoms with van der Waals surface area (Å²) in [7, 11) is 0. The van der Waals surface area contributed by atoms with Gasteiger partial charge in [0.25, 0.3) is 0 Å². The number of Topliss-reactive ketones (excluding diaryl/α,β-unsaturated/α-hetero) is 1. The first kappa shape index (κ1) is 16.9. The lowest BCUT2D eigenvalue weighted by Gasteiger charge is -2.09. The van der Waals surface area contributed by atoms with Crippen molar-refractivity contribution in [2.45, 2.75) is 20.3 Å². The molecule has 0 heterocycles. The molecule has 1 saturated carbocycles. The van der Waals surface area contributed by atoms with Crippen LogP contribution in [-0.4, -0.2) is 36.6 Å². The standard InChI is InChI=1S/C17H19NO5/c1-3-22-16(20)12-10-13(17(21)23-4-2)15(19)14(12)18-11-8-6-5-7-9-11/h5-9,12-13H,3-4,10H2,1-2H3/t12-,13+/m1/s1. The van der Waals surface area contributed by atoms with Crippen LogP contribution >= 0.6 is 0 Å². The van der Waals surface area contributed by atoms with Crippen LogP contribution in [0.4, 0.5) is 5.69 Å². The summed E-state index contributed by atoms with van der Waals surface area (Å²) in [5, 5.41) is 0. The number of aliphatic imine (C=N–C) groups is 1. The van der Waals surface area contributed by atoms with E-state index < -0.39 is 29.6 Å². The molecule has 1 aromatic carbocycles. The Hall–Kier alpha value is -2.50. The van der Waals surface area contributed by atoms with Crippen molar-refractivity contribution in [2.24, 2.45) is 16.8 Å². The lowest BCUT2D eigenvalue weighted by molar-refractivity contribution is -0.150. The van der Waals surface area contributed by atoms with Crippen LogP contribution < -0.4 is 0 Å². The Labute approximate surface area is 134 Å². The van der Waals surface area contributed by atoms with Crippen molar-refractivity contribution >= 4 is 29.1 Å². The van der Waals surface area contributed by atoms with Gasteiger partial charge in [0.15, 0.2) is 5.78 Å². The molecular weight excluding hydrogens is 298 g/mol. The van der Waals surface area contributed by atoms with Crippen LogP contribution in [0.15, 0.2) is 35.3 Å². The molecule has 0 aromatic heterocycles. The lowest BCUT2D eigenvalue weighted by Crippen LogP contribution is -2.26. The molecule has 0 bridgehead atoms. The zero-order chi connectivity index (χ0) is 16.8. The minimum Gasteiger partial charge on any atom is -0.465 e. The molecule has 122 valence electrons. The lowest BCUT2D eigenvalue weighted by atomic mass is 10.0. The summed E-state index contributed by atoms with van der Waals surface area (Å²) >= 11 is 0. The summed E-state index contributed by atoms with van der Waals surface area (Å²) < 4.78 is 9.92. The molecule has 2 atom stereocenters. The summed E-state index contributed by atoms with van der Waals surface area (Å²) in [5.74, 6) is -3.46. The van der Waals surface area contributed by atoms with E-state index >= 15 is 0 Å². The molecule has 1 aliphatic carbocycles. The molecule has 2 rings (SSSR count). The highest BCUT2D eigenvalue weighted by atomic mass is 16.5. The molecule has 23 heavy (non-hydrogen) atoms. The minimum atomic E-state index is -0.994. The minimum absolute atomic E-state index is 0.0438. The van der Waals surface area contributed by atoms with Gasteiger partial charge < -0.3 is 9.47 Å². The number of esters is 2. The number of ether oxygens (including phenoxy) is 2. The predicted molar refractivity (Wildman–Crippen MR) is 83.4 cm³/mol. The maximum absolute atomic E-state index is 12.5. The van der Waals surface area contributed by atoms with E-state index in [1.807, 2.05) is 6.07 Å². The Kier molecular flexibility index (Phi) is 5.62. The molecule has 1 aliphatic rings. The second-order valence-electron chi connectivity index (χ2n) is 5.04. The van der Waals surface area contributed by atoms with E-state index in [4.69, 9.17) is 9.47 Å². The van der Waals surface area contributed by atoms with E-state index in [1.165, 1.54) is 0 Å². The first-order chi connectivity index (χ1) is 11.1. The smallest absolute Gasteiger partial charge is 0.316 e. The van der Waals surface area contributed by atoms with Crippen LogP contribution in [0.3, 0.4) is 0 Å². The number of nitrogens with zero attached hydrogens (tertiary/aromatic N) is 1. The topological polar surface area (TPSA) is 82.0 Å². The van der Waals surface area contributed by atoms with Gasteiger partial charge in [0, 0.05) is 0 Å². The molecule has 6 nitrogen and oxygen atoms in total. The molecule has 0 spiro atoms. The molecular formula is C17H19NO5. The Balaban J connectivity index is 2.34. The van der Waals surface area contributed by atoms with Gasteiger partial charge in [0.2, 0.25) is 0 Å². The van der Waals surface area contributed by atoms with Crippen LogP contribution in [-0.2, 0) is 23.9 Å². The van der Waals surface area contributed by atoms with Crippen LogP contribution in [0, 0.1) is 11.8 Å². The fraction of sp³-hybridized carbons (Fsp3) is 0.412. The van der Waals surface area contributed by atoms with Crippen molar-refractivity contribution in [3.05, 3.63) is 30.3 Å². The number of benzene rings is 1. The first-order valence-corrected chi connectivity index (χ1v) is 7.59. The average Bonchev–Trinajstić information content (AvgIpc) is 2.86. The summed E-state index contributed by atoms with van der Waals surface area (Å²) in [6.07, 6.45) is 0.0438. The average molecular weight is 317 g/mol. The predicted octanol–water partition coefficient (Wildman–Crippen LogP) is 2.09. The number of ketones is 1. The zero-order valence-corrected chi connectivity index (χ0v) is 13.2.